The van der Waals surface area contributed by atoms with E-state index < -0.39 is 12.0 Å². The molecule has 2 aromatic heterocycles. The molecule has 1 atom stereocenters. The van der Waals surface area contributed by atoms with Gasteiger partial charge in [0, 0.05) is 35.4 Å². The zero-order valence-corrected chi connectivity index (χ0v) is 18.6. The summed E-state index contributed by atoms with van der Waals surface area (Å²) in [7, 11) is 1.35. The van der Waals surface area contributed by atoms with Gasteiger partial charge < -0.3 is 14.5 Å². The summed E-state index contributed by atoms with van der Waals surface area (Å²) in [6.07, 6.45) is 5.08. The summed E-state index contributed by atoms with van der Waals surface area (Å²) in [6, 6.07) is 12.2. The van der Waals surface area contributed by atoms with Crippen molar-refractivity contribution < 1.29 is 18.7 Å². The molecule has 1 saturated carbocycles. The van der Waals surface area contributed by atoms with Gasteiger partial charge in [0.2, 0.25) is 5.89 Å². The van der Waals surface area contributed by atoms with Gasteiger partial charge in [-0.1, -0.05) is 42.1 Å². The molecule has 5 rings (SSSR count). The molecule has 3 heterocycles. The number of carbonyl (C=O) groups is 2. The molecule has 1 aromatic carbocycles. The Bertz CT molecular complexity index is 1190. The van der Waals surface area contributed by atoms with Crippen LogP contribution in [0, 0.1) is 0 Å². The van der Waals surface area contributed by atoms with Gasteiger partial charge in [-0.3, -0.25) is 9.88 Å². The van der Waals surface area contributed by atoms with E-state index in [0.717, 1.165) is 24.0 Å². The molecule has 1 N–H and O–H groups in total. The fourth-order valence-corrected chi connectivity index (χ4v) is 4.59. The van der Waals surface area contributed by atoms with Gasteiger partial charge in [0.05, 0.1) is 18.7 Å². The van der Waals surface area contributed by atoms with Crippen molar-refractivity contribution in [3.05, 3.63) is 71.7 Å². The van der Waals surface area contributed by atoms with Crippen molar-refractivity contribution in [2.75, 3.05) is 12.9 Å². The minimum absolute atomic E-state index is 0.0621. The number of amides is 2. The molecule has 2 amide bonds. The lowest BCUT2D eigenvalue weighted by atomic mass is 9.95. The zero-order chi connectivity index (χ0) is 22.8. The number of nitrogens with zero attached hydrogens (tertiary/aromatic N) is 4. The van der Waals surface area contributed by atoms with E-state index in [0.29, 0.717) is 28.1 Å². The maximum Gasteiger partial charge on any atom is 0.338 e. The Balaban J connectivity index is 1.49. The van der Waals surface area contributed by atoms with Crippen LogP contribution in [0.25, 0.3) is 11.5 Å². The summed E-state index contributed by atoms with van der Waals surface area (Å²) in [4.78, 5) is 31.7. The van der Waals surface area contributed by atoms with Crippen LogP contribution in [0.2, 0.25) is 0 Å². The predicted molar refractivity (Wildman–Crippen MR) is 120 cm³/mol. The number of urea groups is 1. The number of pyridine rings is 1. The predicted octanol–water partition coefficient (Wildman–Crippen LogP) is 3.58. The maximum absolute atomic E-state index is 13.1. The van der Waals surface area contributed by atoms with E-state index in [2.05, 4.69) is 20.5 Å². The first kappa shape index (κ1) is 21.2. The van der Waals surface area contributed by atoms with Crippen LogP contribution in [-0.2, 0) is 9.53 Å². The lowest BCUT2D eigenvalue weighted by molar-refractivity contribution is -0.136. The Kier molecular flexibility index (Phi) is 5.82. The Morgan fingerprint density at radius 1 is 1.18 bits per heavy atom. The van der Waals surface area contributed by atoms with Crippen LogP contribution in [0.1, 0.15) is 24.4 Å². The van der Waals surface area contributed by atoms with Gasteiger partial charge in [-0.2, -0.15) is 0 Å². The topological polar surface area (TPSA) is 110 Å². The van der Waals surface area contributed by atoms with Crippen molar-refractivity contribution >= 4 is 23.8 Å². The molecule has 0 spiro atoms. The number of nitrogens with one attached hydrogen (secondary N) is 1. The van der Waals surface area contributed by atoms with E-state index in [1.807, 2.05) is 30.3 Å². The second-order valence-electron chi connectivity index (χ2n) is 7.64. The SMILES string of the molecule is COC(=O)C1=C(CSc2nnc(-c3ccncc3)o2)N(C2CC2)C(=O)NC1c1ccccc1. The van der Waals surface area contributed by atoms with Crippen LogP contribution in [0.4, 0.5) is 4.79 Å². The third-order valence-corrected chi connectivity index (χ3v) is 6.32. The van der Waals surface area contributed by atoms with Gasteiger partial charge in [0.15, 0.2) is 0 Å². The monoisotopic (exact) mass is 463 g/mol. The molecule has 1 unspecified atom stereocenters. The molecule has 1 fully saturated rings. The van der Waals surface area contributed by atoms with Gasteiger partial charge in [0.25, 0.3) is 5.22 Å². The quantitative estimate of drug-likeness (QED) is 0.418. The summed E-state index contributed by atoms with van der Waals surface area (Å²) >= 11 is 1.28. The van der Waals surface area contributed by atoms with E-state index in [9.17, 15) is 9.59 Å². The number of esters is 1. The molecule has 2 aliphatic rings. The number of hydrogen-bond donors (Lipinski definition) is 1. The number of benzene rings is 1. The van der Waals surface area contributed by atoms with Crippen LogP contribution in [-0.4, -0.2) is 51.0 Å². The smallest absolute Gasteiger partial charge is 0.338 e. The summed E-state index contributed by atoms with van der Waals surface area (Å²) in [5.41, 5.74) is 2.59. The molecule has 9 nitrogen and oxygen atoms in total. The van der Waals surface area contributed by atoms with Crippen molar-refractivity contribution in [1.29, 1.82) is 0 Å². The van der Waals surface area contributed by atoms with E-state index >= 15 is 0 Å². The Labute approximate surface area is 194 Å². The van der Waals surface area contributed by atoms with Gasteiger partial charge in [-0.05, 0) is 30.5 Å². The fourth-order valence-electron chi connectivity index (χ4n) is 3.80. The largest absolute Gasteiger partial charge is 0.466 e. The van der Waals surface area contributed by atoms with Crippen LogP contribution in [0.3, 0.4) is 0 Å². The van der Waals surface area contributed by atoms with Gasteiger partial charge >= 0.3 is 12.0 Å². The lowest BCUT2D eigenvalue weighted by Crippen LogP contribution is -2.50. The average Bonchev–Trinajstić information content (AvgIpc) is 3.58. The third kappa shape index (κ3) is 4.34. The number of rotatable bonds is 7. The fraction of sp³-hybridized carbons (Fsp3) is 0.261. The molecule has 1 aliphatic heterocycles. The Morgan fingerprint density at radius 2 is 1.94 bits per heavy atom. The van der Waals surface area contributed by atoms with Crippen LogP contribution in [0.5, 0.6) is 0 Å². The van der Waals surface area contributed by atoms with Crippen molar-refractivity contribution in [2.45, 2.75) is 30.1 Å². The highest BCUT2D eigenvalue weighted by Crippen LogP contribution is 2.40. The Hall–Kier alpha value is -3.66. The molecule has 10 heteroatoms. The first-order valence-electron chi connectivity index (χ1n) is 10.5. The number of hydrogen-bond acceptors (Lipinski definition) is 8. The highest BCUT2D eigenvalue weighted by Gasteiger charge is 2.44. The minimum atomic E-state index is -0.605. The molecule has 33 heavy (non-hydrogen) atoms. The van der Waals surface area contributed by atoms with E-state index in [1.54, 1.807) is 29.4 Å². The number of thioether (sulfide) groups is 1. The van der Waals surface area contributed by atoms with E-state index in [-0.39, 0.29) is 12.1 Å². The van der Waals surface area contributed by atoms with Crippen LogP contribution < -0.4 is 5.32 Å². The summed E-state index contributed by atoms with van der Waals surface area (Å²) in [5.74, 6) is 0.202. The van der Waals surface area contributed by atoms with Crippen LogP contribution >= 0.6 is 11.8 Å². The lowest BCUT2D eigenvalue weighted by Gasteiger charge is -2.36. The molecule has 168 valence electrons. The highest BCUT2D eigenvalue weighted by atomic mass is 32.2. The molecule has 1 aliphatic carbocycles. The molecule has 0 radical (unpaired) electrons. The average molecular weight is 464 g/mol. The van der Waals surface area contributed by atoms with Gasteiger partial charge in [-0.25, -0.2) is 9.59 Å². The first-order chi connectivity index (χ1) is 16.2. The maximum atomic E-state index is 13.1. The zero-order valence-electron chi connectivity index (χ0n) is 17.8. The normalized spacial score (nSPS) is 18.3. The second-order valence-corrected chi connectivity index (χ2v) is 8.57. The minimum Gasteiger partial charge on any atom is -0.466 e. The van der Waals surface area contributed by atoms with E-state index in [4.69, 9.17) is 9.15 Å². The summed E-state index contributed by atoms with van der Waals surface area (Å²) < 4.78 is 10.9. The number of ether oxygens (including phenoxy) is 1. The highest BCUT2D eigenvalue weighted by molar-refractivity contribution is 7.99. The summed E-state index contributed by atoms with van der Waals surface area (Å²) in [6.45, 7) is 0. The standard InChI is InChI=1S/C23H21N5O4S/c1-31-21(29)18-17(13-33-23-27-26-20(32-23)15-9-11-24-12-10-15)28(16-7-8-16)22(30)25-19(18)14-5-3-2-4-6-14/h2-6,9-12,16,19H,7-8,13H2,1H3,(H,25,30). The number of aromatic nitrogens is 3. The molecular formula is C23H21N5O4S. The van der Waals surface area contributed by atoms with Gasteiger partial charge in [0.1, 0.15) is 0 Å². The molecule has 0 bridgehead atoms. The van der Waals surface area contributed by atoms with E-state index in [1.165, 1.54) is 18.9 Å². The molecule has 3 aromatic rings. The molecular weight excluding hydrogens is 442 g/mol. The van der Waals surface area contributed by atoms with Crippen molar-refractivity contribution in [3.8, 4) is 11.5 Å². The first-order valence-corrected chi connectivity index (χ1v) is 11.5. The van der Waals surface area contributed by atoms with Crippen molar-refractivity contribution in [2.24, 2.45) is 0 Å². The third-order valence-electron chi connectivity index (χ3n) is 5.49. The second kappa shape index (κ2) is 9.07. The van der Waals surface area contributed by atoms with Crippen LogP contribution in [0.15, 0.2) is 75.8 Å². The van der Waals surface area contributed by atoms with Gasteiger partial charge in [-0.15, -0.1) is 10.2 Å². The number of carbonyl (C=O) groups excluding carboxylic acids is 2. The number of methoxy groups -OCH3 is 1. The van der Waals surface area contributed by atoms with Crippen molar-refractivity contribution in [1.82, 2.24) is 25.4 Å². The molecule has 0 saturated heterocycles. The van der Waals surface area contributed by atoms with Crippen molar-refractivity contribution in [3.63, 3.8) is 0 Å². The summed E-state index contributed by atoms with van der Waals surface area (Å²) in [5, 5.41) is 11.5. The Morgan fingerprint density at radius 3 is 2.64 bits per heavy atom.